The molecule has 0 bridgehead atoms. The molecule has 0 aliphatic carbocycles. The molecule has 5 rings (SSSR count). The fourth-order valence-corrected chi connectivity index (χ4v) is 4.53. The predicted molar refractivity (Wildman–Crippen MR) is 117 cm³/mol. The Morgan fingerprint density at radius 1 is 0.385 bits per heavy atom. The summed E-state index contributed by atoms with van der Waals surface area (Å²) < 4.78 is 0. The summed E-state index contributed by atoms with van der Waals surface area (Å²) in [6.45, 7) is 0. The lowest BCUT2D eigenvalue weighted by Gasteiger charge is -2.11. The van der Waals surface area contributed by atoms with Gasteiger partial charge in [-0.3, -0.25) is 0 Å². The molecule has 0 unspecified atom stereocenters. The summed E-state index contributed by atoms with van der Waals surface area (Å²) in [6.07, 6.45) is 0. The van der Waals surface area contributed by atoms with E-state index in [2.05, 4.69) is 48.5 Å². The van der Waals surface area contributed by atoms with Gasteiger partial charge in [0.05, 0.1) is 20.1 Å². The summed E-state index contributed by atoms with van der Waals surface area (Å²) >= 11 is 25.3. The highest BCUT2D eigenvalue weighted by Crippen LogP contribution is 2.44. The highest BCUT2D eigenvalue weighted by Gasteiger charge is 2.15. The second-order valence-corrected chi connectivity index (χ2v) is 7.91. The van der Waals surface area contributed by atoms with Gasteiger partial charge in [0, 0.05) is 10.8 Å². The topological polar surface area (TPSA) is 0 Å². The van der Waals surface area contributed by atoms with E-state index in [1.165, 1.54) is 21.5 Å². The number of halogens is 4. The lowest BCUT2D eigenvalue weighted by atomic mass is 9.97. The first-order valence-corrected chi connectivity index (χ1v) is 9.56. The van der Waals surface area contributed by atoms with Crippen molar-refractivity contribution < 1.29 is 0 Å². The van der Waals surface area contributed by atoms with Crippen LogP contribution >= 0.6 is 46.4 Å². The SMILES string of the molecule is Clc1c(Cl)c(Cl)c2cc3cc4cc5ccccc5cc4cc3cc2c1Cl. The molecule has 5 aromatic carbocycles. The maximum atomic E-state index is 6.42. The van der Waals surface area contributed by atoms with Crippen molar-refractivity contribution in [2.45, 2.75) is 0 Å². The van der Waals surface area contributed by atoms with Gasteiger partial charge in [-0.1, -0.05) is 70.7 Å². The molecule has 0 amide bonds. The standard InChI is InChI=1S/C22H10Cl4/c23-19-17-9-15-7-13-5-11-3-1-2-4-12(11)6-14(13)8-16(15)10-18(17)20(24)22(26)21(19)25/h1-10H. The van der Waals surface area contributed by atoms with Gasteiger partial charge in [-0.25, -0.2) is 0 Å². The summed E-state index contributed by atoms with van der Waals surface area (Å²) in [5.41, 5.74) is 0. The van der Waals surface area contributed by atoms with E-state index in [0.717, 1.165) is 21.5 Å². The summed E-state index contributed by atoms with van der Waals surface area (Å²) in [5.74, 6) is 0. The number of benzene rings is 5. The smallest absolute Gasteiger partial charge is 0.0800 e. The van der Waals surface area contributed by atoms with Crippen LogP contribution in [-0.4, -0.2) is 0 Å². The molecule has 26 heavy (non-hydrogen) atoms. The second-order valence-electron chi connectivity index (χ2n) is 6.40. The van der Waals surface area contributed by atoms with Crippen molar-refractivity contribution in [3.05, 3.63) is 80.8 Å². The van der Waals surface area contributed by atoms with Crippen molar-refractivity contribution in [2.75, 3.05) is 0 Å². The van der Waals surface area contributed by atoms with Gasteiger partial charge in [0.1, 0.15) is 0 Å². The van der Waals surface area contributed by atoms with Gasteiger partial charge in [-0.2, -0.15) is 0 Å². The van der Waals surface area contributed by atoms with Gasteiger partial charge in [0.15, 0.2) is 0 Å². The molecule has 5 aromatic rings. The van der Waals surface area contributed by atoms with Crippen molar-refractivity contribution >= 4 is 89.5 Å². The lowest BCUT2D eigenvalue weighted by molar-refractivity contribution is 1.77. The number of fused-ring (bicyclic) bond motifs is 4. The quantitative estimate of drug-likeness (QED) is 0.134. The maximum Gasteiger partial charge on any atom is 0.0800 e. The van der Waals surface area contributed by atoms with Crippen molar-refractivity contribution in [3.8, 4) is 0 Å². The Kier molecular flexibility index (Phi) is 3.74. The first-order valence-electron chi connectivity index (χ1n) is 8.05. The minimum absolute atomic E-state index is 0.289. The van der Waals surface area contributed by atoms with Crippen molar-refractivity contribution in [2.24, 2.45) is 0 Å². The van der Waals surface area contributed by atoms with Crippen LogP contribution in [0, 0.1) is 0 Å². The first-order chi connectivity index (χ1) is 12.5. The van der Waals surface area contributed by atoms with Gasteiger partial charge in [-0.15, -0.1) is 0 Å². The molecule has 0 spiro atoms. The monoisotopic (exact) mass is 414 g/mol. The van der Waals surface area contributed by atoms with E-state index in [-0.39, 0.29) is 10.0 Å². The fourth-order valence-electron chi connectivity index (χ4n) is 3.54. The van der Waals surface area contributed by atoms with Gasteiger partial charge in [-0.05, 0) is 68.7 Å². The van der Waals surface area contributed by atoms with Crippen LogP contribution < -0.4 is 0 Å². The third-order valence-electron chi connectivity index (χ3n) is 4.85. The van der Waals surface area contributed by atoms with Gasteiger partial charge in [0.25, 0.3) is 0 Å². The summed E-state index contributed by atoms with van der Waals surface area (Å²) in [5, 5.41) is 10.00. The Bertz CT molecular complexity index is 1260. The van der Waals surface area contributed by atoms with Crippen LogP contribution in [0.3, 0.4) is 0 Å². The normalized spacial score (nSPS) is 11.8. The molecule has 0 aromatic heterocycles. The molecule has 0 heterocycles. The minimum atomic E-state index is 0.289. The Hall–Kier alpha value is -1.70. The molecule has 0 aliphatic heterocycles. The van der Waals surface area contributed by atoms with E-state index in [4.69, 9.17) is 46.4 Å². The third-order valence-corrected chi connectivity index (χ3v) is 6.68. The molecule has 0 saturated carbocycles. The van der Waals surface area contributed by atoms with E-state index in [0.29, 0.717) is 10.0 Å². The average Bonchev–Trinajstić information content (AvgIpc) is 2.66. The Morgan fingerprint density at radius 2 is 0.731 bits per heavy atom. The number of hydrogen-bond donors (Lipinski definition) is 0. The maximum absolute atomic E-state index is 6.42. The third kappa shape index (κ3) is 2.37. The van der Waals surface area contributed by atoms with E-state index in [9.17, 15) is 0 Å². The minimum Gasteiger partial charge on any atom is -0.0820 e. The zero-order valence-electron chi connectivity index (χ0n) is 13.3. The predicted octanol–water partition coefficient (Wildman–Crippen LogP) is 8.91. The molecular weight excluding hydrogens is 406 g/mol. The van der Waals surface area contributed by atoms with Crippen LogP contribution in [-0.2, 0) is 0 Å². The molecule has 0 atom stereocenters. The molecule has 0 fully saturated rings. The lowest BCUT2D eigenvalue weighted by Crippen LogP contribution is -1.84. The average molecular weight is 416 g/mol. The summed E-state index contributed by atoms with van der Waals surface area (Å²) in [6, 6.07) is 21.1. The molecule has 0 radical (unpaired) electrons. The molecule has 0 aliphatic rings. The number of hydrogen-bond acceptors (Lipinski definition) is 0. The Balaban J connectivity index is 1.93. The van der Waals surface area contributed by atoms with Crippen LogP contribution in [0.4, 0.5) is 0 Å². The molecule has 0 nitrogen and oxygen atoms in total. The molecule has 0 N–H and O–H groups in total. The van der Waals surface area contributed by atoms with Crippen LogP contribution in [0.25, 0.3) is 43.1 Å². The largest absolute Gasteiger partial charge is 0.0820 e. The summed E-state index contributed by atoms with van der Waals surface area (Å²) in [4.78, 5) is 0. The van der Waals surface area contributed by atoms with E-state index in [1.54, 1.807) is 0 Å². The van der Waals surface area contributed by atoms with E-state index in [1.807, 2.05) is 12.1 Å². The van der Waals surface area contributed by atoms with Crippen LogP contribution in [0.15, 0.2) is 60.7 Å². The van der Waals surface area contributed by atoms with Crippen LogP contribution in [0.5, 0.6) is 0 Å². The summed E-state index contributed by atoms with van der Waals surface area (Å²) in [7, 11) is 0. The van der Waals surface area contributed by atoms with Crippen LogP contribution in [0.2, 0.25) is 20.1 Å². The van der Waals surface area contributed by atoms with Crippen molar-refractivity contribution in [1.29, 1.82) is 0 Å². The van der Waals surface area contributed by atoms with Gasteiger partial charge < -0.3 is 0 Å². The Labute approximate surface area is 169 Å². The fraction of sp³-hybridized carbons (Fsp3) is 0. The highest BCUT2D eigenvalue weighted by atomic mass is 35.5. The molecular formula is C22H10Cl4. The van der Waals surface area contributed by atoms with Crippen molar-refractivity contribution in [1.82, 2.24) is 0 Å². The number of rotatable bonds is 0. The van der Waals surface area contributed by atoms with Crippen LogP contribution in [0.1, 0.15) is 0 Å². The zero-order valence-corrected chi connectivity index (χ0v) is 16.3. The highest BCUT2D eigenvalue weighted by molar-refractivity contribution is 6.55. The van der Waals surface area contributed by atoms with E-state index >= 15 is 0 Å². The molecule has 0 saturated heterocycles. The van der Waals surface area contributed by atoms with Gasteiger partial charge in [0.2, 0.25) is 0 Å². The molecule has 4 heteroatoms. The van der Waals surface area contributed by atoms with Crippen molar-refractivity contribution in [3.63, 3.8) is 0 Å². The van der Waals surface area contributed by atoms with E-state index < -0.39 is 0 Å². The zero-order chi connectivity index (χ0) is 18.0. The second kappa shape index (κ2) is 5.90. The first kappa shape index (κ1) is 16.5. The Morgan fingerprint density at radius 3 is 1.15 bits per heavy atom. The molecule has 126 valence electrons. The van der Waals surface area contributed by atoms with Gasteiger partial charge >= 0.3 is 0 Å².